The standard InChI is InChI=1S/C18H34O5Si/c1-6-22-24(5,23-7-2)15-10-8-9-12-17(19)13-11-14-21-18(20)16(3)4/h3,6-15H2,1-2,4-5H3. The Morgan fingerprint density at radius 1 is 0.958 bits per heavy atom. The van der Waals surface area contributed by atoms with E-state index in [1.54, 1.807) is 6.92 Å². The minimum absolute atomic E-state index is 0.232. The molecule has 0 aromatic heterocycles. The Hall–Kier alpha value is -0.983. The Kier molecular flexibility index (Phi) is 12.8. The van der Waals surface area contributed by atoms with Crippen LogP contribution in [0.25, 0.3) is 0 Å². The molecule has 0 aliphatic rings. The molecule has 6 heteroatoms. The zero-order chi connectivity index (χ0) is 18.4. The fourth-order valence-electron chi connectivity index (χ4n) is 2.42. The van der Waals surface area contributed by atoms with Crippen molar-refractivity contribution in [3.05, 3.63) is 12.2 Å². The van der Waals surface area contributed by atoms with Gasteiger partial charge in [0.15, 0.2) is 0 Å². The molecule has 0 radical (unpaired) electrons. The molecule has 0 amide bonds. The van der Waals surface area contributed by atoms with Crippen LogP contribution in [0.3, 0.4) is 0 Å². The molecular formula is C18H34O5Si. The number of ether oxygens (including phenoxy) is 1. The summed E-state index contributed by atoms with van der Waals surface area (Å²) in [4.78, 5) is 23.0. The predicted octanol–water partition coefficient (Wildman–Crippen LogP) is 4.16. The molecule has 0 aliphatic carbocycles. The minimum atomic E-state index is -2.01. The van der Waals surface area contributed by atoms with Crippen molar-refractivity contribution in [3.8, 4) is 0 Å². The summed E-state index contributed by atoms with van der Waals surface area (Å²) in [7, 11) is -2.01. The van der Waals surface area contributed by atoms with Crippen LogP contribution in [0.2, 0.25) is 12.6 Å². The summed E-state index contributed by atoms with van der Waals surface area (Å²) in [5.74, 6) is -0.158. The maximum Gasteiger partial charge on any atom is 0.334 e. The maximum absolute atomic E-state index is 11.8. The third-order valence-corrected chi connectivity index (χ3v) is 6.73. The van der Waals surface area contributed by atoms with Gasteiger partial charge in [-0.2, -0.15) is 0 Å². The molecule has 0 saturated carbocycles. The van der Waals surface area contributed by atoms with Crippen molar-refractivity contribution in [3.63, 3.8) is 0 Å². The summed E-state index contributed by atoms with van der Waals surface area (Å²) in [5, 5.41) is 0. The van der Waals surface area contributed by atoms with Gasteiger partial charge in [-0.05, 0) is 46.2 Å². The molecule has 0 saturated heterocycles. The van der Waals surface area contributed by atoms with Gasteiger partial charge < -0.3 is 13.6 Å². The summed E-state index contributed by atoms with van der Waals surface area (Å²) >= 11 is 0. The average molecular weight is 359 g/mol. The van der Waals surface area contributed by atoms with Gasteiger partial charge >= 0.3 is 14.5 Å². The Bertz CT molecular complexity index is 389. The molecule has 0 heterocycles. The number of carbonyl (C=O) groups excluding carboxylic acids is 2. The second kappa shape index (κ2) is 13.3. The predicted molar refractivity (Wildman–Crippen MR) is 98.2 cm³/mol. The van der Waals surface area contributed by atoms with Crippen LogP contribution in [0, 0.1) is 0 Å². The molecule has 24 heavy (non-hydrogen) atoms. The van der Waals surface area contributed by atoms with Crippen molar-refractivity contribution in [1.29, 1.82) is 0 Å². The van der Waals surface area contributed by atoms with Crippen LogP contribution in [-0.4, -0.2) is 40.1 Å². The van der Waals surface area contributed by atoms with Crippen LogP contribution >= 0.6 is 0 Å². The Morgan fingerprint density at radius 3 is 2.08 bits per heavy atom. The zero-order valence-electron chi connectivity index (χ0n) is 15.8. The van der Waals surface area contributed by atoms with E-state index in [0.717, 1.165) is 25.3 Å². The quantitative estimate of drug-likeness (QED) is 0.190. The number of unbranched alkanes of at least 4 members (excludes halogenated alkanes) is 2. The first-order chi connectivity index (χ1) is 11.3. The highest BCUT2D eigenvalue weighted by atomic mass is 28.4. The molecule has 0 atom stereocenters. The highest BCUT2D eigenvalue weighted by Crippen LogP contribution is 2.18. The van der Waals surface area contributed by atoms with Gasteiger partial charge in [-0.1, -0.05) is 19.4 Å². The molecule has 0 spiro atoms. The van der Waals surface area contributed by atoms with Crippen LogP contribution in [-0.2, 0) is 23.2 Å². The average Bonchev–Trinajstić information content (AvgIpc) is 2.51. The van der Waals surface area contributed by atoms with Gasteiger partial charge in [0.1, 0.15) is 5.78 Å². The van der Waals surface area contributed by atoms with Crippen LogP contribution in [0.5, 0.6) is 0 Å². The largest absolute Gasteiger partial charge is 0.462 e. The van der Waals surface area contributed by atoms with Crippen molar-refractivity contribution in [1.82, 2.24) is 0 Å². The van der Waals surface area contributed by atoms with E-state index in [2.05, 4.69) is 13.1 Å². The van der Waals surface area contributed by atoms with Crippen LogP contribution in [0.1, 0.15) is 59.3 Å². The van der Waals surface area contributed by atoms with Crippen molar-refractivity contribution in [2.45, 2.75) is 71.9 Å². The third-order valence-electron chi connectivity index (χ3n) is 3.67. The lowest BCUT2D eigenvalue weighted by Crippen LogP contribution is -2.38. The van der Waals surface area contributed by atoms with Crippen LogP contribution < -0.4 is 0 Å². The minimum Gasteiger partial charge on any atom is -0.462 e. The first-order valence-electron chi connectivity index (χ1n) is 8.97. The molecular weight excluding hydrogens is 324 g/mol. The summed E-state index contributed by atoms with van der Waals surface area (Å²) < 4.78 is 16.6. The molecule has 0 unspecified atom stereocenters. The number of esters is 1. The van der Waals surface area contributed by atoms with Crippen molar-refractivity contribution in [2.24, 2.45) is 0 Å². The van der Waals surface area contributed by atoms with Gasteiger partial charge in [-0.15, -0.1) is 0 Å². The topological polar surface area (TPSA) is 61.8 Å². The number of carbonyl (C=O) groups is 2. The second-order valence-electron chi connectivity index (χ2n) is 6.12. The lowest BCUT2D eigenvalue weighted by molar-refractivity contribution is -0.139. The Balaban J connectivity index is 3.71. The van der Waals surface area contributed by atoms with E-state index in [1.165, 1.54) is 0 Å². The van der Waals surface area contributed by atoms with Gasteiger partial charge in [-0.3, -0.25) is 4.79 Å². The van der Waals surface area contributed by atoms with Crippen molar-refractivity contribution < 1.29 is 23.2 Å². The highest BCUT2D eigenvalue weighted by molar-refractivity contribution is 6.66. The van der Waals surface area contributed by atoms with E-state index in [9.17, 15) is 9.59 Å². The molecule has 0 aliphatic heterocycles. The zero-order valence-corrected chi connectivity index (χ0v) is 16.8. The summed E-state index contributed by atoms with van der Waals surface area (Å²) in [5.41, 5.74) is 0.385. The maximum atomic E-state index is 11.8. The molecule has 0 N–H and O–H groups in total. The Labute approximate surface area is 148 Å². The number of hydrogen-bond donors (Lipinski definition) is 0. The second-order valence-corrected chi connectivity index (χ2v) is 9.46. The molecule has 0 bridgehead atoms. The van der Waals surface area contributed by atoms with E-state index in [-0.39, 0.29) is 12.4 Å². The number of rotatable bonds is 15. The third kappa shape index (κ3) is 11.5. The van der Waals surface area contributed by atoms with E-state index >= 15 is 0 Å². The van der Waals surface area contributed by atoms with Crippen molar-refractivity contribution in [2.75, 3.05) is 19.8 Å². The summed E-state index contributed by atoms with van der Waals surface area (Å²) in [6.45, 7) is 12.9. The van der Waals surface area contributed by atoms with E-state index < -0.39 is 14.5 Å². The summed E-state index contributed by atoms with van der Waals surface area (Å²) in [6.07, 6.45) is 4.58. The normalized spacial score (nSPS) is 11.3. The highest BCUT2D eigenvalue weighted by Gasteiger charge is 2.29. The van der Waals surface area contributed by atoms with E-state index in [4.69, 9.17) is 13.6 Å². The monoisotopic (exact) mass is 358 g/mol. The van der Waals surface area contributed by atoms with Gasteiger partial charge in [0.2, 0.25) is 0 Å². The fraction of sp³-hybridized carbons (Fsp3) is 0.778. The van der Waals surface area contributed by atoms with Crippen molar-refractivity contribution >= 4 is 20.3 Å². The molecule has 0 aromatic rings. The number of Topliss-reactive ketones (excluding diaryl/α,β-unsaturated/α-hetero) is 1. The lowest BCUT2D eigenvalue weighted by Gasteiger charge is -2.25. The first-order valence-corrected chi connectivity index (χ1v) is 11.5. The smallest absolute Gasteiger partial charge is 0.334 e. The fourth-order valence-corrected chi connectivity index (χ4v) is 4.91. The number of ketones is 1. The van der Waals surface area contributed by atoms with Crippen LogP contribution in [0.15, 0.2) is 12.2 Å². The molecule has 0 aromatic carbocycles. The SMILES string of the molecule is C=C(C)C(=O)OCCCC(=O)CCCCC[Si](C)(OCC)OCC. The molecule has 0 fully saturated rings. The Morgan fingerprint density at radius 2 is 1.54 bits per heavy atom. The first kappa shape index (κ1) is 23.0. The van der Waals surface area contributed by atoms with Gasteiger partial charge in [0.25, 0.3) is 0 Å². The summed E-state index contributed by atoms with van der Waals surface area (Å²) in [6, 6.07) is 0.972. The van der Waals surface area contributed by atoms with Gasteiger partial charge in [0, 0.05) is 31.6 Å². The van der Waals surface area contributed by atoms with Gasteiger partial charge in [0.05, 0.1) is 6.61 Å². The molecule has 5 nitrogen and oxygen atoms in total. The molecule has 140 valence electrons. The lowest BCUT2D eigenvalue weighted by atomic mass is 10.1. The number of hydrogen-bond acceptors (Lipinski definition) is 5. The van der Waals surface area contributed by atoms with E-state index in [1.807, 2.05) is 13.8 Å². The molecule has 0 rings (SSSR count). The van der Waals surface area contributed by atoms with E-state index in [0.29, 0.717) is 38.0 Å². The van der Waals surface area contributed by atoms with Crippen LogP contribution in [0.4, 0.5) is 0 Å². The van der Waals surface area contributed by atoms with Gasteiger partial charge in [-0.25, -0.2) is 4.79 Å².